The first-order valence-corrected chi connectivity index (χ1v) is 7.86. The fourth-order valence-corrected chi connectivity index (χ4v) is 4.98. The molecule has 106 valence electrons. The van der Waals surface area contributed by atoms with Crippen molar-refractivity contribution in [2.45, 2.75) is 57.4 Å². The maximum atomic E-state index is 12.0. The van der Waals surface area contributed by atoms with E-state index >= 15 is 0 Å². The summed E-state index contributed by atoms with van der Waals surface area (Å²) in [5.74, 6) is 2.65. The first kappa shape index (κ1) is 13.0. The van der Waals surface area contributed by atoms with E-state index in [2.05, 4.69) is 16.7 Å². The molecule has 2 amide bonds. The molecule has 4 aliphatic rings. The molecule has 2 N–H and O–H groups in total. The van der Waals surface area contributed by atoms with E-state index in [-0.39, 0.29) is 11.6 Å². The number of carbonyl (C=O) groups excluding carboxylic acids is 1. The predicted molar refractivity (Wildman–Crippen MR) is 76.9 cm³/mol. The van der Waals surface area contributed by atoms with Crippen LogP contribution in [0.2, 0.25) is 0 Å². The normalized spacial score (nSPS) is 39.7. The van der Waals surface area contributed by atoms with E-state index < -0.39 is 0 Å². The molecule has 4 rings (SSSR count). The average Bonchev–Trinajstić information content (AvgIpc) is 2.32. The fourth-order valence-electron chi connectivity index (χ4n) is 4.98. The molecule has 0 aromatic rings. The number of nitrogens with one attached hydrogen (secondary N) is 2. The van der Waals surface area contributed by atoms with Crippen LogP contribution < -0.4 is 10.6 Å². The zero-order valence-electron chi connectivity index (χ0n) is 12.0. The van der Waals surface area contributed by atoms with Crippen LogP contribution in [-0.2, 0) is 0 Å². The van der Waals surface area contributed by atoms with Crippen LogP contribution in [0.4, 0.5) is 4.79 Å². The first-order valence-electron chi connectivity index (χ1n) is 7.86. The van der Waals surface area contributed by atoms with Crippen LogP contribution >= 0.6 is 0 Å². The molecule has 0 aliphatic heterocycles. The van der Waals surface area contributed by atoms with Gasteiger partial charge in [0.15, 0.2) is 0 Å². The van der Waals surface area contributed by atoms with E-state index in [1.165, 1.54) is 38.5 Å². The molecule has 0 unspecified atom stereocenters. The third-order valence-corrected chi connectivity index (χ3v) is 5.25. The molecule has 0 heterocycles. The summed E-state index contributed by atoms with van der Waals surface area (Å²) >= 11 is 0. The summed E-state index contributed by atoms with van der Waals surface area (Å²) in [6, 6.07) is 0.0476. The molecule has 4 saturated carbocycles. The van der Waals surface area contributed by atoms with Crippen molar-refractivity contribution in [2.24, 2.45) is 17.8 Å². The minimum Gasteiger partial charge on any atom is -0.338 e. The van der Waals surface area contributed by atoms with Crippen LogP contribution in [0.1, 0.15) is 51.9 Å². The molecule has 0 aromatic carbocycles. The second-order valence-corrected chi connectivity index (χ2v) is 6.94. The Balaban J connectivity index is 1.53. The highest BCUT2D eigenvalue weighted by molar-refractivity contribution is 5.74. The van der Waals surface area contributed by atoms with Crippen LogP contribution in [0.5, 0.6) is 0 Å². The number of urea groups is 1. The van der Waals surface area contributed by atoms with Crippen molar-refractivity contribution in [3.8, 4) is 0 Å². The Morgan fingerprint density at radius 3 is 2.26 bits per heavy atom. The predicted octanol–water partition coefficient (Wildman–Crippen LogP) is 3.22. The summed E-state index contributed by atoms with van der Waals surface area (Å²) in [6.45, 7) is 2.75. The minimum atomic E-state index is 0.0476. The van der Waals surface area contributed by atoms with Gasteiger partial charge >= 0.3 is 6.03 Å². The van der Waals surface area contributed by atoms with Crippen molar-refractivity contribution in [3.05, 3.63) is 12.2 Å². The second kappa shape index (κ2) is 5.18. The topological polar surface area (TPSA) is 41.1 Å². The Labute approximate surface area is 116 Å². The molecular formula is C16H26N2O. The summed E-state index contributed by atoms with van der Waals surface area (Å²) in [6.07, 6.45) is 13.0. The number of rotatable bonds is 4. The van der Waals surface area contributed by atoms with Crippen molar-refractivity contribution < 1.29 is 4.79 Å². The smallest absolute Gasteiger partial charge is 0.315 e. The highest BCUT2D eigenvalue weighted by atomic mass is 16.2. The maximum absolute atomic E-state index is 12.0. The Morgan fingerprint density at radius 1 is 1.16 bits per heavy atom. The van der Waals surface area contributed by atoms with E-state index in [1.807, 2.05) is 13.0 Å². The van der Waals surface area contributed by atoms with Gasteiger partial charge in [-0.15, -0.1) is 0 Å². The summed E-state index contributed by atoms with van der Waals surface area (Å²) in [5, 5.41) is 6.32. The molecule has 0 saturated heterocycles. The molecule has 4 bridgehead atoms. The van der Waals surface area contributed by atoms with Crippen LogP contribution in [0.25, 0.3) is 0 Å². The fraction of sp³-hybridized carbons (Fsp3) is 0.812. The van der Waals surface area contributed by atoms with Crippen molar-refractivity contribution in [3.63, 3.8) is 0 Å². The van der Waals surface area contributed by atoms with Crippen molar-refractivity contribution in [1.82, 2.24) is 10.6 Å². The third-order valence-electron chi connectivity index (χ3n) is 5.25. The summed E-state index contributed by atoms with van der Waals surface area (Å²) < 4.78 is 0. The molecule has 3 heteroatoms. The average molecular weight is 262 g/mol. The number of amides is 2. The van der Waals surface area contributed by atoms with E-state index in [9.17, 15) is 4.79 Å². The van der Waals surface area contributed by atoms with E-state index in [0.29, 0.717) is 0 Å². The summed E-state index contributed by atoms with van der Waals surface area (Å²) in [7, 11) is 0. The number of hydrogen-bond donors (Lipinski definition) is 2. The van der Waals surface area contributed by atoms with Gasteiger partial charge in [-0.05, 0) is 69.6 Å². The molecule has 4 aliphatic carbocycles. The van der Waals surface area contributed by atoms with Gasteiger partial charge in [-0.3, -0.25) is 0 Å². The van der Waals surface area contributed by atoms with E-state index in [0.717, 1.165) is 30.7 Å². The Hall–Kier alpha value is -0.990. The van der Waals surface area contributed by atoms with Gasteiger partial charge in [0.25, 0.3) is 0 Å². The number of hydrogen-bond acceptors (Lipinski definition) is 1. The zero-order valence-corrected chi connectivity index (χ0v) is 12.0. The monoisotopic (exact) mass is 262 g/mol. The van der Waals surface area contributed by atoms with Crippen LogP contribution in [0, 0.1) is 17.8 Å². The Kier molecular flexibility index (Phi) is 3.55. The Morgan fingerprint density at radius 2 is 1.74 bits per heavy atom. The molecular weight excluding hydrogens is 236 g/mol. The lowest BCUT2D eigenvalue weighted by Gasteiger charge is -2.56. The van der Waals surface area contributed by atoms with Gasteiger partial charge in [-0.1, -0.05) is 12.2 Å². The number of allylic oxidation sites excluding steroid dienone is 1. The molecule has 0 aromatic heterocycles. The van der Waals surface area contributed by atoms with Gasteiger partial charge in [-0.2, -0.15) is 0 Å². The third kappa shape index (κ3) is 2.80. The summed E-state index contributed by atoms with van der Waals surface area (Å²) in [4.78, 5) is 12.0. The first-order chi connectivity index (χ1) is 9.19. The zero-order chi connectivity index (χ0) is 13.3. The Bertz CT molecular complexity index is 340. The molecule has 0 atom stereocenters. The van der Waals surface area contributed by atoms with E-state index in [1.54, 1.807) is 0 Å². The number of carbonyl (C=O) groups is 1. The van der Waals surface area contributed by atoms with Gasteiger partial charge in [0.1, 0.15) is 0 Å². The standard InChI is InChI=1S/C16H26N2O/c1-2-3-4-5-17-15(19)18-16-9-12-6-13(10-16)8-14(7-12)11-16/h2-3,12-14H,4-11H2,1H3,(H2,17,18,19)/b3-2+. The van der Waals surface area contributed by atoms with Crippen LogP contribution in [0.3, 0.4) is 0 Å². The van der Waals surface area contributed by atoms with Crippen molar-refractivity contribution in [1.29, 1.82) is 0 Å². The van der Waals surface area contributed by atoms with Gasteiger partial charge < -0.3 is 10.6 Å². The molecule has 4 fully saturated rings. The largest absolute Gasteiger partial charge is 0.338 e. The van der Waals surface area contributed by atoms with Crippen molar-refractivity contribution >= 4 is 6.03 Å². The van der Waals surface area contributed by atoms with Crippen LogP contribution in [-0.4, -0.2) is 18.1 Å². The highest BCUT2D eigenvalue weighted by Crippen LogP contribution is 2.55. The quantitative estimate of drug-likeness (QED) is 0.593. The molecule has 0 spiro atoms. The lowest BCUT2D eigenvalue weighted by atomic mass is 9.53. The van der Waals surface area contributed by atoms with Gasteiger partial charge in [0.2, 0.25) is 0 Å². The lowest BCUT2D eigenvalue weighted by Crippen LogP contribution is -2.61. The van der Waals surface area contributed by atoms with Gasteiger partial charge in [0, 0.05) is 12.1 Å². The molecule has 3 nitrogen and oxygen atoms in total. The lowest BCUT2D eigenvalue weighted by molar-refractivity contribution is -0.0135. The minimum absolute atomic E-state index is 0.0476. The molecule has 19 heavy (non-hydrogen) atoms. The summed E-state index contributed by atoms with van der Waals surface area (Å²) in [5.41, 5.74) is 0.138. The van der Waals surface area contributed by atoms with Crippen LogP contribution in [0.15, 0.2) is 12.2 Å². The maximum Gasteiger partial charge on any atom is 0.315 e. The SMILES string of the molecule is C/C=C/CCNC(=O)NC12CC3CC(CC(C3)C1)C2. The second-order valence-electron chi connectivity index (χ2n) is 6.94. The van der Waals surface area contributed by atoms with E-state index in [4.69, 9.17) is 0 Å². The van der Waals surface area contributed by atoms with Crippen molar-refractivity contribution in [2.75, 3.05) is 6.54 Å². The van der Waals surface area contributed by atoms with Gasteiger partial charge in [0.05, 0.1) is 0 Å². The molecule has 0 radical (unpaired) electrons. The van der Waals surface area contributed by atoms with Gasteiger partial charge in [-0.25, -0.2) is 4.79 Å². The highest BCUT2D eigenvalue weighted by Gasteiger charge is 2.51.